The summed E-state index contributed by atoms with van der Waals surface area (Å²) in [5, 5.41) is 20.0. The monoisotopic (exact) mass is 277 g/mol. The number of rotatable bonds is 4. The Morgan fingerprint density at radius 2 is 1.75 bits per heavy atom. The third kappa shape index (κ3) is 2.91. The average molecular weight is 277 g/mol. The minimum Gasteiger partial charge on any atom is -0.508 e. The normalized spacial score (nSPS) is 10.4. The van der Waals surface area contributed by atoms with Gasteiger partial charge in [0, 0.05) is 0 Å². The highest BCUT2D eigenvalue weighted by Gasteiger charge is 2.20. The summed E-state index contributed by atoms with van der Waals surface area (Å²) < 4.78 is 0. The van der Waals surface area contributed by atoms with Gasteiger partial charge >= 0.3 is 16.9 Å². The van der Waals surface area contributed by atoms with Gasteiger partial charge in [-0.2, -0.15) is 0 Å². The van der Waals surface area contributed by atoms with Gasteiger partial charge in [0.25, 0.3) is 0 Å². The zero-order valence-corrected chi connectivity index (χ0v) is 10.3. The van der Waals surface area contributed by atoms with E-state index >= 15 is 0 Å². The maximum absolute atomic E-state index is 11.4. The molecule has 1 aromatic carbocycles. The van der Waals surface area contributed by atoms with Gasteiger partial charge in [-0.1, -0.05) is 12.1 Å². The molecule has 0 unspecified atom stereocenters. The topological polar surface area (TPSA) is 129 Å². The number of phenols is 1. The number of hydrogen-bond acceptors (Lipinski definition) is 5. The first-order valence-electron chi connectivity index (χ1n) is 5.75. The minimum atomic E-state index is -1.01. The van der Waals surface area contributed by atoms with Crippen molar-refractivity contribution in [3.8, 4) is 5.75 Å². The third-order valence-corrected chi connectivity index (χ3v) is 2.77. The summed E-state index contributed by atoms with van der Waals surface area (Å²) in [6, 6.07) is 6.30. The summed E-state index contributed by atoms with van der Waals surface area (Å²) >= 11 is 0. The summed E-state index contributed by atoms with van der Waals surface area (Å²) in [7, 11) is 0. The average Bonchev–Trinajstić information content (AvgIpc) is 2.36. The zero-order chi connectivity index (χ0) is 14.7. The predicted octanol–water partition coefficient (Wildman–Crippen LogP) is 0.462. The molecule has 3 N–H and O–H groups in total. The summed E-state index contributed by atoms with van der Waals surface area (Å²) in [6.07, 6.45) is 0.529. The van der Waals surface area contributed by atoms with Crippen LogP contribution in [0.4, 0.5) is 5.69 Å². The molecular formula is C12H11N3O5. The number of aryl methyl sites for hydroxylation is 2. The molecule has 0 aliphatic heterocycles. The van der Waals surface area contributed by atoms with E-state index in [1.54, 1.807) is 12.1 Å². The number of hydrogen-bond donors (Lipinski definition) is 3. The standard InChI is InChI=1S/C12H11N3O5/c16-8-4-1-7(2-5-8)3-6-9-10(15(19)20)11(17)14-12(18)13-9/h1-2,4-5,16H,3,6H2,(H2,13,14,17,18). The number of H-pyrrole nitrogens is 2. The van der Waals surface area contributed by atoms with Crippen LogP contribution in [0.15, 0.2) is 33.9 Å². The van der Waals surface area contributed by atoms with Crippen LogP contribution in [0, 0.1) is 10.1 Å². The number of nitrogens with zero attached hydrogens (tertiary/aromatic N) is 1. The summed E-state index contributed by atoms with van der Waals surface area (Å²) in [5.74, 6) is 0.115. The number of benzene rings is 1. The highest BCUT2D eigenvalue weighted by atomic mass is 16.6. The van der Waals surface area contributed by atoms with Gasteiger partial charge < -0.3 is 10.1 Å². The lowest BCUT2D eigenvalue weighted by molar-refractivity contribution is -0.387. The number of phenolic OH excluding ortho intramolecular Hbond substituents is 1. The van der Waals surface area contributed by atoms with Crippen molar-refractivity contribution in [1.29, 1.82) is 0 Å². The number of aromatic amines is 2. The molecule has 0 spiro atoms. The molecule has 2 rings (SSSR count). The van der Waals surface area contributed by atoms with Crippen molar-refractivity contribution in [3.63, 3.8) is 0 Å². The SMILES string of the molecule is O=c1[nH]c(CCc2ccc(O)cc2)c([N+](=O)[O-])c(=O)[nH]1. The highest BCUT2D eigenvalue weighted by molar-refractivity contribution is 5.33. The first-order valence-corrected chi connectivity index (χ1v) is 5.75. The molecule has 0 bridgehead atoms. The molecule has 8 heteroatoms. The fourth-order valence-electron chi connectivity index (χ4n) is 1.83. The van der Waals surface area contributed by atoms with Crippen molar-refractivity contribution in [2.45, 2.75) is 12.8 Å². The molecular weight excluding hydrogens is 266 g/mol. The zero-order valence-electron chi connectivity index (χ0n) is 10.3. The van der Waals surface area contributed by atoms with Crippen LogP contribution >= 0.6 is 0 Å². The molecule has 0 aliphatic rings. The van der Waals surface area contributed by atoms with E-state index in [-0.39, 0.29) is 17.9 Å². The summed E-state index contributed by atoms with van der Waals surface area (Å²) in [6.45, 7) is 0. The maximum atomic E-state index is 11.4. The molecule has 20 heavy (non-hydrogen) atoms. The van der Waals surface area contributed by atoms with Crippen molar-refractivity contribution in [3.05, 3.63) is 66.5 Å². The number of nitrogens with one attached hydrogen (secondary N) is 2. The van der Waals surface area contributed by atoms with Crippen LogP contribution in [-0.2, 0) is 12.8 Å². The van der Waals surface area contributed by atoms with Gasteiger partial charge in [-0.25, -0.2) is 4.79 Å². The largest absolute Gasteiger partial charge is 0.508 e. The number of nitro groups is 1. The predicted molar refractivity (Wildman–Crippen MR) is 69.9 cm³/mol. The molecule has 0 amide bonds. The summed E-state index contributed by atoms with van der Waals surface area (Å²) in [5.41, 5.74) is -1.64. The lowest BCUT2D eigenvalue weighted by Crippen LogP contribution is -2.27. The second-order valence-electron chi connectivity index (χ2n) is 4.16. The second-order valence-corrected chi connectivity index (χ2v) is 4.16. The van der Waals surface area contributed by atoms with Gasteiger partial charge in [0.05, 0.1) is 4.92 Å². The van der Waals surface area contributed by atoms with Crippen LogP contribution in [0.5, 0.6) is 5.75 Å². The highest BCUT2D eigenvalue weighted by Crippen LogP contribution is 2.14. The third-order valence-electron chi connectivity index (χ3n) is 2.77. The van der Waals surface area contributed by atoms with Crippen LogP contribution in [0.25, 0.3) is 0 Å². The Labute approximate surface area is 111 Å². The van der Waals surface area contributed by atoms with Gasteiger partial charge in [-0.15, -0.1) is 0 Å². The molecule has 0 aliphatic carbocycles. The molecule has 0 fully saturated rings. The Bertz CT molecular complexity index is 745. The van der Waals surface area contributed by atoms with Crippen LogP contribution < -0.4 is 11.2 Å². The molecule has 0 atom stereocenters. The lowest BCUT2D eigenvalue weighted by Gasteiger charge is -2.03. The van der Waals surface area contributed by atoms with E-state index in [1.807, 2.05) is 4.98 Å². The fourth-order valence-corrected chi connectivity index (χ4v) is 1.83. The molecule has 1 heterocycles. The van der Waals surface area contributed by atoms with E-state index in [1.165, 1.54) is 12.1 Å². The Morgan fingerprint density at radius 3 is 2.35 bits per heavy atom. The Hall–Kier alpha value is -2.90. The Balaban J connectivity index is 2.29. The minimum absolute atomic E-state index is 0.0168. The quantitative estimate of drug-likeness (QED) is 0.552. The van der Waals surface area contributed by atoms with Crippen LogP contribution in [-0.4, -0.2) is 20.0 Å². The van der Waals surface area contributed by atoms with Crippen LogP contribution in [0.2, 0.25) is 0 Å². The fraction of sp³-hybridized carbons (Fsp3) is 0.167. The van der Waals surface area contributed by atoms with E-state index in [9.17, 15) is 19.7 Å². The van der Waals surface area contributed by atoms with Crippen LogP contribution in [0.1, 0.15) is 11.3 Å². The van der Waals surface area contributed by atoms with Gasteiger partial charge in [-0.3, -0.25) is 19.9 Å². The van der Waals surface area contributed by atoms with Gasteiger partial charge in [0.15, 0.2) is 0 Å². The Morgan fingerprint density at radius 1 is 1.10 bits per heavy atom. The van der Waals surface area contributed by atoms with Gasteiger partial charge in [0.2, 0.25) is 0 Å². The molecule has 8 nitrogen and oxygen atoms in total. The van der Waals surface area contributed by atoms with E-state index in [4.69, 9.17) is 5.11 Å². The van der Waals surface area contributed by atoms with Gasteiger partial charge in [0.1, 0.15) is 11.4 Å². The molecule has 0 saturated heterocycles. The number of aromatic hydroxyl groups is 1. The molecule has 104 valence electrons. The Kier molecular flexibility index (Phi) is 3.65. The first kappa shape index (κ1) is 13.5. The smallest absolute Gasteiger partial charge is 0.353 e. The van der Waals surface area contributed by atoms with Crippen molar-refractivity contribution in [1.82, 2.24) is 9.97 Å². The molecule has 2 aromatic rings. The van der Waals surface area contributed by atoms with Crippen molar-refractivity contribution in [2.24, 2.45) is 0 Å². The summed E-state index contributed by atoms with van der Waals surface area (Å²) in [4.78, 5) is 36.7. The molecule has 0 saturated carbocycles. The van der Waals surface area contributed by atoms with Crippen LogP contribution in [0.3, 0.4) is 0 Å². The molecule has 0 radical (unpaired) electrons. The molecule has 1 aromatic heterocycles. The lowest BCUT2D eigenvalue weighted by atomic mass is 10.1. The van der Waals surface area contributed by atoms with E-state index < -0.39 is 21.9 Å². The first-order chi connectivity index (χ1) is 9.47. The van der Waals surface area contributed by atoms with E-state index in [2.05, 4.69) is 4.98 Å². The van der Waals surface area contributed by atoms with Crippen molar-refractivity contribution in [2.75, 3.05) is 0 Å². The van der Waals surface area contributed by atoms with E-state index in [0.29, 0.717) is 6.42 Å². The second kappa shape index (κ2) is 5.39. The van der Waals surface area contributed by atoms with E-state index in [0.717, 1.165) is 5.56 Å². The number of aromatic nitrogens is 2. The van der Waals surface area contributed by atoms with Gasteiger partial charge in [-0.05, 0) is 30.5 Å². The van der Waals surface area contributed by atoms with Crippen molar-refractivity contribution < 1.29 is 10.0 Å². The van der Waals surface area contributed by atoms with Crippen molar-refractivity contribution >= 4 is 5.69 Å². The maximum Gasteiger partial charge on any atom is 0.353 e.